The zero-order chi connectivity index (χ0) is 17.0. The third kappa shape index (κ3) is 4.16. The largest absolute Gasteiger partial charge is 0.492 e. The molecule has 1 aromatic rings. The van der Waals surface area contributed by atoms with E-state index >= 15 is 0 Å². The van der Waals surface area contributed by atoms with E-state index in [1.165, 1.54) is 19.2 Å². The average Bonchev–Trinajstić information content (AvgIpc) is 3.03. The second-order valence-electron chi connectivity index (χ2n) is 5.37. The molecule has 0 atom stereocenters. The van der Waals surface area contributed by atoms with Gasteiger partial charge in [-0.3, -0.25) is 4.79 Å². The fourth-order valence-electron chi connectivity index (χ4n) is 2.47. The van der Waals surface area contributed by atoms with Gasteiger partial charge in [0.2, 0.25) is 15.9 Å². The molecule has 0 saturated carbocycles. The zero-order valence-corrected chi connectivity index (χ0v) is 14.9. The molecule has 23 heavy (non-hydrogen) atoms. The molecule has 1 fully saturated rings. The summed E-state index contributed by atoms with van der Waals surface area (Å²) in [5.41, 5.74) is 0. The number of sulfonamides is 1. The van der Waals surface area contributed by atoms with Crippen molar-refractivity contribution in [3.05, 3.63) is 23.2 Å². The Bertz CT molecular complexity index is 672. The summed E-state index contributed by atoms with van der Waals surface area (Å²) in [6, 6.07) is 4.44. The van der Waals surface area contributed by atoms with E-state index in [4.69, 9.17) is 16.3 Å². The maximum Gasteiger partial charge on any atom is 0.247 e. The Kier molecular flexibility index (Phi) is 5.89. The molecule has 0 aromatic heterocycles. The Labute approximate surface area is 142 Å². The molecule has 0 unspecified atom stereocenters. The first-order chi connectivity index (χ1) is 10.9. The van der Waals surface area contributed by atoms with Crippen molar-refractivity contribution >= 4 is 27.5 Å². The number of benzene rings is 1. The van der Waals surface area contributed by atoms with Gasteiger partial charge >= 0.3 is 0 Å². The number of carbonyl (C=O) groups excluding carboxylic acids is 1. The van der Waals surface area contributed by atoms with Crippen LogP contribution in [0.1, 0.15) is 19.8 Å². The summed E-state index contributed by atoms with van der Waals surface area (Å²) in [4.78, 5) is 13.8. The molecule has 0 N–H and O–H groups in total. The number of halogens is 1. The van der Waals surface area contributed by atoms with E-state index in [9.17, 15) is 13.2 Å². The highest BCUT2D eigenvalue weighted by molar-refractivity contribution is 7.89. The average molecular weight is 361 g/mol. The molecule has 6 nitrogen and oxygen atoms in total. The van der Waals surface area contributed by atoms with Crippen LogP contribution in [0.4, 0.5) is 0 Å². The molecule has 0 bridgehead atoms. The first-order valence-electron chi connectivity index (χ1n) is 7.52. The molecule has 0 radical (unpaired) electrons. The Morgan fingerprint density at radius 2 is 2.00 bits per heavy atom. The quantitative estimate of drug-likeness (QED) is 0.778. The molecule has 1 saturated heterocycles. The van der Waals surface area contributed by atoms with Gasteiger partial charge in [-0.05, 0) is 38.0 Å². The van der Waals surface area contributed by atoms with Crippen LogP contribution in [0.15, 0.2) is 23.1 Å². The number of ether oxygens (including phenoxy) is 1. The highest BCUT2D eigenvalue weighted by Gasteiger charge is 2.29. The van der Waals surface area contributed by atoms with Gasteiger partial charge in [-0.15, -0.1) is 0 Å². The molecule has 1 amide bonds. The second-order valence-corrected chi connectivity index (χ2v) is 7.82. The predicted octanol–water partition coefficient (Wildman–Crippen LogP) is 1.98. The number of hydrogen-bond donors (Lipinski definition) is 0. The van der Waals surface area contributed by atoms with Crippen LogP contribution < -0.4 is 4.74 Å². The highest BCUT2D eigenvalue weighted by atomic mass is 35.5. The SMILES string of the molecule is CCOc1ccc(Cl)cc1S(=O)(=O)N(C)CC(=O)N1CCCC1. The molecule has 8 heteroatoms. The smallest absolute Gasteiger partial charge is 0.247 e. The lowest BCUT2D eigenvalue weighted by molar-refractivity contribution is -0.130. The van der Waals surface area contributed by atoms with Crippen LogP contribution in [0.2, 0.25) is 5.02 Å². The minimum atomic E-state index is -3.86. The molecule has 1 heterocycles. The fourth-order valence-corrected chi connectivity index (χ4v) is 3.98. The normalized spacial score (nSPS) is 15.2. The van der Waals surface area contributed by atoms with Gasteiger partial charge in [0.1, 0.15) is 10.6 Å². The molecule has 1 aliphatic heterocycles. The first kappa shape index (κ1) is 18.0. The van der Waals surface area contributed by atoms with Crippen LogP contribution in [-0.2, 0) is 14.8 Å². The maximum absolute atomic E-state index is 12.7. The van der Waals surface area contributed by atoms with Gasteiger partial charge in [-0.25, -0.2) is 8.42 Å². The van der Waals surface area contributed by atoms with Crippen molar-refractivity contribution in [2.45, 2.75) is 24.7 Å². The number of rotatable bonds is 6. The van der Waals surface area contributed by atoms with Crippen molar-refractivity contribution in [3.63, 3.8) is 0 Å². The third-order valence-corrected chi connectivity index (χ3v) is 5.77. The predicted molar refractivity (Wildman–Crippen MR) is 88.3 cm³/mol. The zero-order valence-electron chi connectivity index (χ0n) is 13.3. The molecular weight excluding hydrogens is 340 g/mol. The Hall–Kier alpha value is -1.31. The van der Waals surface area contributed by atoms with Gasteiger partial charge < -0.3 is 9.64 Å². The van der Waals surface area contributed by atoms with Gasteiger partial charge in [0.05, 0.1) is 13.2 Å². The number of amides is 1. The molecule has 0 aliphatic carbocycles. The Morgan fingerprint density at radius 1 is 1.35 bits per heavy atom. The van der Waals surface area contributed by atoms with Gasteiger partial charge in [0.25, 0.3) is 0 Å². The van der Waals surface area contributed by atoms with E-state index in [2.05, 4.69) is 0 Å². The lowest BCUT2D eigenvalue weighted by atomic mass is 10.3. The van der Waals surface area contributed by atoms with Gasteiger partial charge in [-0.2, -0.15) is 4.31 Å². The summed E-state index contributed by atoms with van der Waals surface area (Å²) in [6.45, 7) is 3.29. The van der Waals surface area contributed by atoms with E-state index in [-0.39, 0.29) is 23.1 Å². The summed E-state index contributed by atoms with van der Waals surface area (Å²) >= 11 is 5.92. The van der Waals surface area contributed by atoms with Gasteiger partial charge in [0, 0.05) is 25.2 Å². The summed E-state index contributed by atoms with van der Waals surface area (Å²) in [5, 5.41) is 0.297. The van der Waals surface area contributed by atoms with E-state index in [1.54, 1.807) is 17.9 Å². The number of hydrogen-bond acceptors (Lipinski definition) is 4. The summed E-state index contributed by atoms with van der Waals surface area (Å²) in [7, 11) is -2.47. The summed E-state index contributed by atoms with van der Waals surface area (Å²) < 4.78 is 31.9. The molecule has 2 rings (SSSR count). The van der Waals surface area contributed by atoms with E-state index in [0.717, 1.165) is 17.1 Å². The minimum absolute atomic E-state index is 0.0245. The van der Waals surface area contributed by atoms with Crippen LogP contribution in [0.3, 0.4) is 0 Å². The van der Waals surface area contributed by atoms with Crippen molar-refractivity contribution in [1.29, 1.82) is 0 Å². The van der Waals surface area contributed by atoms with Crippen molar-refractivity contribution < 1.29 is 17.9 Å². The van der Waals surface area contributed by atoms with E-state index < -0.39 is 10.0 Å². The topological polar surface area (TPSA) is 66.9 Å². The lowest BCUT2D eigenvalue weighted by Gasteiger charge is -2.22. The monoisotopic (exact) mass is 360 g/mol. The number of likely N-dealkylation sites (N-methyl/N-ethyl adjacent to an activating group) is 1. The Morgan fingerprint density at radius 3 is 2.61 bits per heavy atom. The van der Waals surface area contributed by atoms with Crippen molar-refractivity contribution in [2.24, 2.45) is 0 Å². The number of likely N-dealkylation sites (tertiary alicyclic amines) is 1. The molecule has 1 aliphatic rings. The van der Waals surface area contributed by atoms with E-state index in [0.29, 0.717) is 24.7 Å². The van der Waals surface area contributed by atoms with Crippen molar-refractivity contribution in [2.75, 3.05) is 33.3 Å². The maximum atomic E-state index is 12.7. The first-order valence-corrected chi connectivity index (χ1v) is 9.34. The van der Waals surface area contributed by atoms with Crippen LogP contribution in [0.25, 0.3) is 0 Å². The highest BCUT2D eigenvalue weighted by Crippen LogP contribution is 2.29. The van der Waals surface area contributed by atoms with Crippen LogP contribution in [0.5, 0.6) is 5.75 Å². The lowest BCUT2D eigenvalue weighted by Crippen LogP contribution is -2.39. The molecule has 128 valence electrons. The Balaban J connectivity index is 2.23. The molecule has 0 spiro atoms. The standard InChI is InChI=1S/C15H21ClN2O4S/c1-3-22-13-7-6-12(16)10-14(13)23(20,21)17(2)11-15(19)18-8-4-5-9-18/h6-7,10H,3-5,8-9,11H2,1-2H3. The van der Waals surface area contributed by atoms with E-state index in [1.807, 2.05) is 0 Å². The van der Waals surface area contributed by atoms with Crippen molar-refractivity contribution in [3.8, 4) is 5.75 Å². The molecular formula is C15H21ClN2O4S. The summed E-state index contributed by atoms with van der Waals surface area (Å²) in [5.74, 6) is 0.0472. The molecule has 1 aromatic carbocycles. The summed E-state index contributed by atoms with van der Waals surface area (Å²) in [6.07, 6.45) is 1.93. The number of carbonyl (C=O) groups is 1. The fraction of sp³-hybridized carbons (Fsp3) is 0.533. The van der Waals surface area contributed by atoms with Gasteiger partial charge in [0.15, 0.2) is 0 Å². The number of nitrogens with zero attached hydrogens (tertiary/aromatic N) is 2. The van der Waals surface area contributed by atoms with Crippen LogP contribution in [0, 0.1) is 0 Å². The second kappa shape index (κ2) is 7.51. The third-order valence-electron chi connectivity index (χ3n) is 3.71. The minimum Gasteiger partial charge on any atom is -0.492 e. The van der Waals surface area contributed by atoms with Crippen molar-refractivity contribution in [1.82, 2.24) is 9.21 Å². The van der Waals surface area contributed by atoms with Gasteiger partial charge in [-0.1, -0.05) is 11.6 Å². The van der Waals surface area contributed by atoms with Crippen LogP contribution in [-0.4, -0.2) is 56.8 Å². The van der Waals surface area contributed by atoms with Crippen LogP contribution >= 0.6 is 11.6 Å².